The largest absolute Gasteiger partial charge is 0.501 e. The number of hydrogen-bond donors (Lipinski definition) is 2. The van der Waals surface area contributed by atoms with Gasteiger partial charge in [-0.05, 0) is 6.07 Å². The monoisotopic (exact) mass is 253 g/mol. The molecule has 7 nitrogen and oxygen atoms in total. The molecule has 9 heteroatoms. The Kier molecular flexibility index (Phi) is 2.84. The number of benzene rings is 1. The van der Waals surface area contributed by atoms with Gasteiger partial charge < -0.3 is 5.11 Å². The van der Waals surface area contributed by atoms with Crippen LogP contribution in [0.2, 0.25) is 5.02 Å². The van der Waals surface area contributed by atoms with Gasteiger partial charge in [0.15, 0.2) is 0 Å². The second kappa shape index (κ2) is 3.65. The normalized spacial score (nSPS) is 11.3. The van der Waals surface area contributed by atoms with Crippen molar-refractivity contribution in [1.82, 2.24) is 0 Å². The molecule has 0 aromatic heterocycles. The Morgan fingerprint density at radius 1 is 1.40 bits per heavy atom. The van der Waals surface area contributed by atoms with Crippen molar-refractivity contribution in [3.8, 4) is 5.75 Å². The molecule has 0 aliphatic heterocycles. The van der Waals surface area contributed by atoms with Gasteiger partial charge in [0.25, 0.3) is 10.1 Å². The molecule has 0 aliphatic rings. The van der Waals surface area contributed by atoms with Crippen LogP contribution in [0.4, 0.5) is 5.69 Å². The zero-order valence-electron chi connectivity index (χ0n) is 6.92. The number of halogens is 1. The Bertz CT molecular complexity index is 525. The fourth-order valence-electron chi connectivity index (χ4n) is 0.882. The minimum Gasteiger partial charge on any atom is -0.501 e. The number of phenolic OH excluding ortho intramolecular Hbond substituents is 1. The zero-order chi connectivity index (χ0) is 11.8. The number of nitro benzene ring substituents is 1. The molecule has 1 aromatic rings. The van der Waals surface area contributed by atoms with Gasteiger partial charge >= 0.3 is 5.69 Å². The van der Waals surface area contributed by atoms with E-state index in [1.807, 2.05) is 0 Å². The number of nitrogens with zero attached hydrogens (tertiary/aromatic N) is 1. The van der Waals surface area contributed by atoms with E-state index in [9.17, 15) is 18.5 Å². The van der Waals surface area contributed by atoms with Crippen LogP contribution in [0.5, 0.6) is 5.75 Å². The molecule has 0 amide bonds. The lowest BCUT2D eigenvalue weighted by Crippen LogP contribution is -2.00. The number of phenols is 1. The van der Waals surface area contributed by atoms with Gasteiger partial charge in [0, 0.05) is 6.07 Å². The van der Waals surface area contributed by atoms with Crippen LogP contribution in [0.3, 0.4) is 0 Å². The van der Waals surface area contributed by atoms with Crippen molar-refractivity contribution < 1.29 is 23.0 Å². The smallest absolute Gasteiger partial charge is 0.312 e. The quantitative estimate of drug-likeness (QED) is 0.464. The van der Waals surface area contributed by atoms with Crippen molar-refractivity contribution in [3.05, 3.63) is 27.3 Å². The van der Waals surface area contributed by atoms with E-state index >= 15 is 0 Å². The van der Waals surface area contributed by atoms with Crippen LogP contribution in [0.15, 0.2) is 17.0 Å². The highest BCUT2D eigenvalue weighted by Gasteiger charge is 2.24. The van der Waals surface area contributed by atoms with Gasteiger partial charge in [-0.15, -0.1) is 0 Å². The maximum atomic E-state index is 10.7. The van der Waals surface area contributed by atoms with Crippen molar-refractivity contribution >= 4 is 27.4 Å². The summed E-state index contributed by atoms with van der Waals surface area (Å²) < 4.78 is 30.0. The molecule has 0 fully saturated rings. The molecule has 0 aliphatic carbocycles. The first kappa shape index (κ1) is 11.7. The van der Waals surface area contributed by atoms with Gasteiger partial charge in [-0.25, -0.2) is 0 Å². The Morgan fingerprint density at radius 2 is 1.93 bits per heavy atom. The molecule has 0 radical (unpaired) electrons. The van der Waals surface area contributed by atoms with Crippen LogP contribution in [0, 0.1) is 10.1 Å². The minimum absolute atomic E-state index is 0.727. The van der Waals surface area contributed by atoms with Crippen molar-refractivity contribution in [2.24, 2.45) is 0 Å². The average Bonchev–Trinajstić information content (AvgIpc) is 2.06. The maximum absolute atomic E-state index is 10.7. The van der Waals surface area contributed by atoms with E-state index in [1.165, 1.54) is 0 Å². The summed E-state index contributed by atoms with van der Waals surface area (Å²) in [6.07, 6.45) is 0. The second-order valence-corrected chi connectivity index (χ2v) is 4.25. The van der Waals surface area contributed by atoms with E-state index in [2.05, 4.69) is 0 Å². The SMILES string of the molecule is O=[N+]([O-])c1ccc(S(=O)(=O)O)c(Cl)c1O. The highest BCUT2D eigenvalue weighted by atomic mass is 35.5. The summed E-state index contributed by atoms with van der Waals surface area (Å²) in [4.78, 5) is 8.59. The van der Waals surface area contributed by atoms with Crippen LogP contribution in [-0.4, -0.2) is 23.0 Å². The molecule has 2 N–H and O–H groups in total. The lowest BCUT2D eigenvalue weighted by Gasteiger charge is -2.02. The molecule has 0 unspecified atom stereocenters. The van der Waals surface area contributed by atoms with Gasteiger partial charge in [-0.1, -0.05) is 11.6 Å². The van der Waals surface area contributed by atoms with Gasteiger partial charge in [-0.3, -0.25) is 14.7 Å². The van der Waals surface area contributed by atoms with E-state index in [1.54, 1.807) is 0 Å². The molecule has 82 valence electrons. The molecule has 0 heterocycles. The third kappa shape index (κ3) is 2.17. The van der Waals surface area contributed by atoms with E-state index in [0.29, 0.717) is 0 Å². The summed E-state index contributed by atoms with van der Waals surface area (Å²) in [5.41, 5.74) is -0.743. The molecular formula is C6H4ClNO6S. The molecule has 0 atom stereocenters. The molecule has 0 spiro atoms. The highest BCUT2D eigenvalue weighted by molar-refractivity contribution is 7.86. The minimum atomic E-state index is -4.61. The fraction of sp³-hybridized carbons (Fsp3) is 0. The summed E-state index contributed by atoms with van der Waals surface area (Å²) in [7, 11) is -4.61. The Balaban J connectivity index is 3.55. The van der Waals surface area contributed by atoms with Crippen molar-refractivity contribution in [1.29, 1.82) is 0 Å². The van der Waals surface area contributed by atoms with E-state index in [4.69, 9.17) is 21.3 Å². The third-order valence-corrected chi connectivity index (χ3v) is 2.92. The zero-order valence-corrected chi connectivity index (χ0v) is 8.49. The van der Waals surface area contributed by atoms with Gasteiger partial charge in [-0.2, -0.15) is 8.42 Å². The summed E-state index contributed by atoms with van der Waals surface area (Å²) in [5.74, 6) is -1.00. The van der Waals surface area contributed by atoms with Crippen LogP contribution >= 0.6 is 11.6 Å². The van der Waals surface area contributed by atoms with E-state index < -0.39 is 36.4 Å². The predicted molar refractivity (Wildman–Crippen MR) is 49.6 cm³/mol. The maximum Gasteiger partial charge on any atom is 0.312 e. The van der Waals surface area contributed by atoms with Crippen LogP contribution < -0.4 is 0 Å². The van der Waals surface area contributed by atoms with E-state index in [0.717, 1.165) is 12.1 Å². The first-order valence-electron chi connectivity index (χ1n) is 3.38. The summed E-state index contributed by atoms with van der Waals surface area (Å²) >= 11 is 5.33. The Labute approximate surface area is 88.8 Å². The third-order valence-electron chi connectivity index (χ3n) is 1.53. The Morgan fingerprint density at radius 3 is 2.33 bits per heavy atom. The number of hydrogen-bond acceptors (Lipinski definition) is 5. The number of nitro groups is 1. The van der Waals surface area contributed by atoms with Crippen molar-refractivity contribution in [2.75, 3.05) is 0 Å². The molecule has 1 rings (SSSR count). The average molecular weight is 254 g/mol. The van der Waals surface area contributed by atoms with Crippen LogP contribution in [0.1, 0.15) is 0 Å². The lowest BCUT2D eigenvalue weighted by molar-refractivity contribution is -0.385. The van der Waals surface area contributed by atoms with Crippen molar-refractivity contribution in [2.45, 2.75) is 4.90 Å². The molecule has 0 saturated carbocycles. The molecule has 15 heavy (non-hydrogen) atoms. The fourth-order valence-corrected chi connectivity index (χ4v) is 1.90. The highest BCUT2D eigenvalue weighted by Crippen LogP contribution is 2.37. The van der Waals surface area contributed by atoms with Crippen molar-refractivity contribution in [3.63, 3.8) is 0 Å². The van der Waals surface area contributed by atoms with Gasteiger partial charge in [0.05, 0.1) is 4.92 Å². The summed E-state index contributed by atoms with van der Waals surface area (Å²) in [6.45, 7) is 0. The van der Waals surface area contributed by atoms with Gasteiger partial charge in [0.2, 0.25) is 5.75 Å². The molecule has 1 aromatic carbocycles. The predicted octanol–water partition coefficient (Wildman–Crippen LogP) is 1.20. The number of aromatic hydroxyl groups is 1. The standard InChI is InChI=1S/C6H4ClNO6S/c7-5-4(15(12,13)14)2-1-3(6(5)9)8(10)11/h1-2,9H,(H,12,13,14). The first-order valence-corrected chi connectivity index (χ1v) is 5.20. The topological polar surface area (TPSA) is 118 Å². The van der Waals surface area contributed by atoms with Gasteiger partial charge in [0.1, 0.15) is 9.92 Å². The summed E-state index contributed by atoms with van der Waals surface area (Å²) in [6, 6.07) is 1.46. The number of rotatable bonds is 2. The molecular weight excluding hydrogens is 250 g/mol. The first-order chi connectivity index (χ1) is 6.75. The van der Waals surface area contributed by atoms with Crippen LogP contribution in [-0.2, 0) is 10.1 Å². The lowest BCUT2D eigenvalue weighted by atomic mass is 10.3. The van der Waals surface area contributed by atoms with Crippen LogP contribution in [0.25, 0.3) is 0 Å². The van der Waals surface area contributed by atoms with E-state index in [-0.39, 0.29) is 0 Å². The molecule has 0 saturated heterocycles. The second-order valence-electron chi connectivity index (χ2n) is 2.48. The molecule has 0 bridgehead atoms. The Hall–Kier alpha value is -1.38. The summed E-state index contributed by atoms with van der Waals surface area (Å²) in [5, 5.41) is 18.7.